The number of aromatic nitrogens is 4. The smallest absolute Gasteiger partial charge is 0.275 e. The third-order valence-corrected chi connectivity index (χ3v) is 7.28. The Morgan fingerprint density at radius 2 is 1.84 bits per heavy atom. The van der Waals surface area contributed by atoms with Crippen molar-refractivity contribution in [2.24, 2.45) is 5.92 Å². The fraction of sp³-hybridized carbons (Fsp3) is 0.500. The molecule has 12 heteroatoms. The summed E-state index contributed by atoms with van der Waals surface area (Å²) in [7, 11) is 0. The number of aryl methyl sites for hydroxylation is 2. The van der Waals surface area contributed by atoms with E-state index >= 15 is 4.39 Å². The van der Waals surface area contributed by atoms with Gasteiger partial charge in [0, 0.05) is 43.8 Å². The summed E-state index contributed by atoms with van der Waals surface area (Å²) in [5.41, 5.74) is 2.17. The van der Waals surface area contributed by atoms with Crippen LogP contribution >= 0.6 is 0 Å². The molecular weight excluding hydrogens is 505 g/mol. The Kier molecular flexibility index (Phi) is 6.79. The third-order valence-electron chi connectivity index (χ3n) is 7.28. The van der Waals surface area contributed by atoms with Gasteiger partial charge >= 0.3 is 0 Å². The normalized spacial score (nSPS) is 19.9. The first-order chi connectivity index (χ1) is 17.9. The van der Waals surface area contributed by atoms with Gasteiger partial charge in [-0.25, -0.2) is 26.9 Å². The predicted molar refractivity (Wildman–Crippen MR) is 134 cm³/mol. The van der Waals surface area contributed by atoms with Crippen LogP contribution in [0.1, 0.15) is 54.5 Å². The summed E-state index contributed by atoms with van der Waals surface area (Å²) in [6.45, 7) is 6.21. The standard InChI is InChI=1S/C26H30F5N7/c1-14-8-21(20(27)10-18(14)16-4-6-38(7-5-16)13-17-11-26(17,30)31)33-24-32-12-19(25(3,28)29)23(35-24)34-22-9-15(2)36-37-22/h8-10,12,16-17H,4-7,11,13H2,1-3H3,(H3,32,33,34,35,36,37). The first-order valence-electron chi connectivity index (χ1n) is 12.6. The van der Waals surface area contributed by atoms with Crippen molar-refractivity contribution in [1.82, 2.24) is 25.1 Å². The van der Waals surface area contributed by atoms with E-state index in [-0.39, 0.29) is 29.8 Å². The van der Waals surface area contributed by atoms with Crippen molar-refractivity contribution in [2.75, 3.05) is 30.3 Å². The molecule has 1 unspecified atom stereocenters. The summed E-state index contributed by atoms with van der Waals surface area (Å²) >= 11 is 0. The Labute approximate surface area is 217 Å². The number of aromatic amines is 1. The maximum Gasteiger partial charge on any atom is 0.275 e. The van der Waals surface area contributed by atoms with Crippen LogP contribution in [0.25, 0.3) is 0 Å². The topological polar surface area (TPSA) is 81.8 Å². The number of anilines is 4. The zero-order chi connectivity index (χ0) is 27.2. The monoisotopic (exact) mass is 535 g/mol. The highest BCUT2D eigenvalue weighted by molar-refractivity contribution is 5.62. The van der Waals surface area contributed by atoms with Gasteiger partial charge < -0.3 is 15.5 Å². The van der Waals surface area contributed by atoms with Crippen molar-refractivity contribution in [2.45, 2.75) is 57.8 Å². The minimum atomic E-state index is -3.22. The molecule has 0 radical (unpaired) electrons. The van der Waals surface area contributed by atoms with E-state index in [0.29, 0.717) is 25.5 Å². The van der Waals surface area contributed by atoms with E-state index in [1.165, 1.54) is 6.07 Å². The maximum absolute atomic E-state index is 15.2. The molecule has 5 rings (SSSR count). The van der Waals surface area contributed by atoms with Crippen LogP contribution in [-0.2, 0) is 5.92 Å². The molecule has 1 aliphatic heterocycles. The molecule has 3 heterocycles. The number of H-pyrrole nitrogens is 1. The van der Waals surface area contributed by atoms with Crippen LogP contribution in [0.2, 0.25) is 0 Å². The number of nitrogens with one attached hydrogen (secondary N) is 3. The molecule has 1 aliphatic carbocycles. The molecule has 2 fully saturated rings. The minimum Gasteiger partial charge on any atom is -0.323 e. The van der Waals surface area contributed by atoms with E-state index in [1.807, 2.05) is 6.92 Å². The summed E-state index contributed by atoms with van der Waals surface area (Å²) in [4.78, 5) is 10.2. The summed E-state index contributed by atoms with van der Waals surface area (Å²) in [6.07, 6.45) is 2.51. The highest BCUT2D eigenvalue weighted by Gasteiger charge is 2.57. The van der Waals surface area contributed by atoms with E-state index in [1.54, 1.807) is 19.1 Å². The highest BCUT2D eigenvalue weighted by Crippen LogP contribution is 2.49. The Morgan fingerprint density at radius 1 is 1.13 bits per heavy atom. The number of alkyl halides is 4. The molecular formula is C26H30F5N7. The van der Waals surface area contributed by atoms with Gasteiger partial charge in [-0.3, -0.25) is 5.10 Å². The zero-order valence-electron chi connectivity index (χ0n) is 21.4. The lowest BCUT2D eigenvalue weighted by atomic mass is 9.86. The lowest BCUT2D eigenvalue weighted by Crippen LogP contribution is -2.35. The molecule has 204 valence electrons. The molecule has 3 aromatic rings. The summed E-state index contributed by atoms with van der Waals surface area (Å²) in [6, 6.07) is 4.77. The first kappa shape index (κ1) is 26.3. The van der Waals surface area contributed by atoms with Crippen LogP contribution in [0, 0.1) is 25.6 Å². The Morgan fingerprint density at radius 3 is 2.45 bits per heavy atom. The molecule has 1 aromatic carbocycles. The average molecular weight is 536 g/mol. The van der Waals surface area contributed by atoms with Crippen molar-refractivity contribution in [3.63, 3.8) is 0 Å². The van der Waals surface area contributed by atoms with Crippen molar-refractivity contribution < 1.29 is 22.0 Å². The molecule has 0 spiro atoms. The van der Waals surface area contributed by atoms with Crippen LogP contribution in [-0.4, -0.2) is 50.6 Å². The molecule has 1 atom stereocenters. The molecule has 0 amide bonds. The van der Waals surface area contributed by atoms with Crippen LogP contribution in [0.3, 0.4) is 0 Å². The molecule has 7 nitrogen and oxygen atoms in total. The number of rotatable bonds is 8. The van der Waals surface area contributed by atoms with E-state index in [4.69, 9.17) is 0 Å². The summed E-state index contributed by atoms with van der Waals surface area (Å²) in [5, 5.41) is 12.3. The second-order valence-corrected chi connectivity index (χ2v) is 10.5. The summed E-state index contributed by atoms with van der Waals surface area (Å²) in [5.74, 6) is -6.56. The Balaban J connectivity index is 1.30. The van der Waals surface area contributed by atoms with Gasteiger partial charge in [-0.15, -0.1) is 0 Å². The number of hydrogen-bond donors (Lipinski definition) is 3. The molecule has 38 heavy (non-hydrogen) atoms. The number of nitrogens with zero attached hydrogens (tertiary/aromatic N) is 4. The quantitative estimate of drug-likeness (QED) is 0.290. The molecule has 1 saturated heterocycles. The van der Waals surface area contributed by atoms with E-state index in [2.05, 4.69) is 35.7 Å². The van der Waals surface area contributed by atoms with Gasteiger partial charge in [0.25, 0.3) is 11.8 Å². The molecule has 2 aliphatic rings. The van der Waals surface area contributed by atoms with Gasteiger partial charge in [0.15, 0.2) is 5.82 Å². The van der Waals surface area contributed by atoms with Crippen LogP contribution in [0.5, 0.6) is 0 Å². The first-order valence-corrected chi connectivity index (χ1v) is 12.6. The lowest BCUT2D eigenvalue weighted by Gasteiger charge is -2.33. The largest absolute Gasteiger partial charge is 0.323 e. The van der Waals surface area contributed by atoms with Crippen molar-refractivity contribution in [1.29, 1.82) is 0 Å². The maximum atomic E-state index is 15.2. The van der Waals surface area contributed by atoms with Gasteiger partial charge in [0.2, 0.25) is 5.95 Å². The summed E-state index contributed by atoms with van der Waals surface area (Å²) < 4.78 is 70.0. The van der Waals surface area contributed by atoms with Gasteiger partial charge in [0.05, 0.1) is 11.3 Å². The van der Waals surface area contributed by atoms with Gasteiger partial charge in [-0.05, 0) is 69.0 Å². The fourth-order valence-electron chi connectivity index (χ4n) is 5.02. The van der Waals surface area contributed by atoms with Crippen LogP contribution < -0.4 is 10.6 Å². The van der Waals surface area contributed by atoms with Crippen molar-refractivity contribution in [3.05, 3.63) is 52.6 Å². The van der Waals surface area contributed by atoms with Crippen LogP contribution in [0.4, 0.5) is 45.2 Å². The molecule has 3 N–H and O–H groups in total. The number of piperidine rings is 1. The molecule has 1 saturated carbocycles. The second-order valence-electron chi connectivity index (χ2n) is 10.5. The second kappa shape index (κ2) is 9.79. The molecule has 0 bridgehead atoms. The molecule has 2 aromatic heterocycles. The fourth-order valence-corrected chi connectivity index (χ4v) is 5.02. The van der Waals surface area contributed by atoms with Crippen molar-refractivity contribution in [3.8, 4) is 0 Å². The van der Waals surface area contributed by atoms with Gasteiger partial charge in [-0.2, -0.15) is 10.1 Å². The predicted octanol–water partition coefficient (Wildman–Crippen LogP) is 6.39. The lowest BCUT2D eigenvalue weighted by molar-refractivity contribution is 0.0176. The average Bonchev–Trinajstić information content (AvgIpc) is 3.22. The van der Waals surface area contributed by atoms with E-state index < -0.39 is 29.1 Å². The van der Waals surface area contributed by atoms with E-state index in [0.717, 1.165) is 42.8 Å². The Bertz CT molecular complexity index is 1310. The zero-order valence-corrected chi connectivity index (χ0v) is 21.4. The number of likely N-dealkylation sites (tertiary alicyclic amines) is 1. The van der Waals surface area contributed by atoms with Crippen LogP contribution in [0.15, 0.2) is 24.4 Å². The van der Waals surface area contributed by atoms with Gasteiger partial charge in [0.1, 0.15) is 11.6 Å². The van der Waals surface area contributed by atoms with Crippen molar-refractivity contribution >= 4 is 23.3 Å². The Hall–Kier alpha value is -3.28. The minimum absolute atomic E-state index is 0.0285. The van der Waals surface area contributed by atoms with Gasteiger partial charge in [-0.1, -0.05) is 0 Å². The number of halogens is 5. The highest BCUT2D eigenvalue weighted by atomic mass is 19.3. The number of benzene rings is 1. The number of hydrogen-bond acceptors (Lipinski definition) is 6. The van der Waals surface area contributed by atoms with E-state index in [9.17, 15) is 17.6 Å². The SMILES string of the molecule is Cc1cc(Nc2nc(Nc3cc(C)c(C4CCN(CC5CC5(F)F)CC4)cc3F)ncc2C(C)(F)F)n[nH]1. The third kappa shape index (κ3) is 5.74.